The van der Waals surface area contributed by atoms with E-state index in [1.54, 1.807) is 13.2 Å². The Bertz CT molecular complexity index is 690. The lowest BCUT2D eigenvalue weighted by Gasteiger charge is -2.26. The van der Waals surface area contributed by atoms with Gasteiger partial charge in [-0.2, -0.15) is 0 Å². The Hall–Kier alpha value is -1.76. The number of nitrogens with one attached hydrogen (secondary N) is 1. The van der Waals surface area contributed by atoms with E-state index in [1.165, 1.54) is 11.3 Å². The van der Waals surface area contributed by atoms with Gasteiger partial charge in [0.2, 0.25) is 6.10 Å². The third-order valence-corrected chi connectivity index (χ3v) is 4.78. The number of methoxy groups -OCH3 is 1. The molecule has 1 aromatic carbocycles. The summed E-state index contributed by atoms with van der Waals surface area (Å²) in [6.07, 6.45) is -0.914. The van der Waals surface area contributed by atoms with Crippen molar-refractivity contribution >= 4 is 28.8 Å². The summed E-state index contributed by atoms with van der Waals surface area (Å²) in [7, 11) is 1.60. The molecule has 3 rings (SSSR count). The quantitative estimate of drug-likeness (QED) is 0.897. The van der Waals surface area contributed by atoms with Gasteiger partial charge in [0.25, 0.3) is 5.91 Å². The molecule has 0 spiro atoms. The van der Waals surface area contributed by atoms with E-state index in [1.807, 2.05) is 30.3 Å². The Morgan fingerprint density at radius 2 is 2.17 bits per heavy atom. The monoisotopic (exact) mass is 353 g/mol. The second-order valence-corrected chi connectivity index (χ2v) is 6.72. The van der Waals surface area contributed by atoms with Crippen molar-refractivity contribution in [1.82, 2.24) is 5.32 Å². The number of rotatable bonds is 5. The summed E-state index contributed by atoms with van der Waals surface area (Å²) in [4.78, 5) is 13.2. The molecular formula is C16H16ClNO4S. The molecule has 0 saturated carbocycles. The van der Waals surface area contributed by atoms with E-state index >= 15 is 0 Å². The van der Waals surface area contributed by atoms with Gasteiger partial charge in [0.15, 0.2) is 11.5 Å². The first-order chi connectivity index (χ1) is 11.2. The highest BCUT2D eigenvalue weighted by Gasteiger charge is 2.27. The van der Waals surface area contributed by atoms with Gasteiger partial charge in [-0.3, -0.25) is 4.79 Å². The van der Waals surface area contributed by atoms with Crippen LogP contribution in [0.25, 0.3) is 0 Å². The molecule has 0 bridgehead atoms. The lowest BCUT2D eigenvalue weighted by molar-refractivity contribution is -0.130. The summed E-state index contributed by atoms with van der Waals surface area (Å²) in [6.45, 7) is 0.527. The van der Waals surface area contributed by atoms with E-state index in [-0.39, 0.29) is 18.6 Å². The minimum Gasteiger partial charge on any atom is -0.485 e. The molecule has 1 aromatic heterocycles. The standard InChI is InChI=1S/C16H16ClNO4S/c1-20-12(14-6-7-15(17)23-14)8-18-16(19)13-9-21-10-4-2-3-5-11(10)22-13/h2-7,12-13H,8-9H2,1H3,(H,18,19)/t12-,13+/m1/s1. The summed E-state index contributed by atoms with van der Waals surface area (Å²) in [5.41, 5.74) is 0. The van der Waals surface area contributed by atoms with Crippen molar-refractivity contribution in [2.45, 2.75) is 12.2 Å². The van der Waals surface area contributed by atoms with Crippen LogP contribution in [0, 0.1) is 0 Å². The van der Waals surface area contributed by atoms with Crippen molar-refractivity contribution < 1.29 is 19.0 Å². The average Bonchev–Trinajstić information content (AvgIpc) is 3.01. The maximum atomic E-state index is 12.3. The number of benzene rings is 1. The minimum absolute atomic E-state index is 0.186. The van der Waals surface area contributed by atoms with E-state index in [4.69, 9.17) is 25.8 Å². The highest BCUT2D eigenvalue weighted by Crippen LogP contribution is 2.31. The van der Waals surface area contributed by atoms with E-state index in [0.29, 0.717) is 22.4 Å². The predicted molar refractivity (Wildman–Crippen MR) is 88.4 cm³/mol. The SMILES string of the molecule is CO[C@H](CNC(=O)[C@@H]1COc2ccccc2O1)c1ccc(Cl)s1. The lowest BCUT2D eigenvalue weighted by atomic mass is 10.2. The predicted octanol–water partition coefficient (Wildman–Crippen LogP) is 3.05. The molecule has 2 aromatic rings. The number of fused-ring (bicyclic) bond motifs is 1. The number of carbonyl (C=O) groups excluding carboxylic acids is 1. The van der Waals surface area contributed by atoms with Crippen molar-refractivity contribution in [2.75, 3.05) is 20.3 Å². The molecular weight excluding hydrogens is 338 g/mol. The first-order valence-corrected chi connectivity index (χ1v) is 8.31. The number of thiophene rings is 1. The van der Waals surface area contributed by atoms with Gasteiger partial charge in [0.1, 0.15) is 12.7 Å². The van der Waals surface area contributed by atoms with Gasteiger partial charge in [-0.1, -0.05) is 23.7 Å². The number of hydrogen-bond acceptors (Lipinski definition) is 5. The van der Waals surface area contributed by atoms with Crippen LogP contribution in [-0.2, 0) is 9.53 Å². The van der Waals surface area contributed by atoms with Crippen LogP contribution < -0.4 is 14.8 Å². The summed E-state index contributed by atoms with van der Waals surface area (Å²) in [5, 5.41) is 2.84. The zero-order valence-corrected chi connectivity index (χ0v) is 14.0. The van der Waals surface area contributed by atoms with Crippen molar-refractivity contribution in [3.63, 3.8) is 0 Å². The van der Waals surface area contributed by atoms with E-state index in [9.17, 15) is 4.79 Å². The van der Waals surface area contributed by atoms with Crippen LogP contribution in [0.3, 0.4) is 0 Å². The smallest absolute Gasteiger partial charge is 0.264 e. The Balaban J connectivity index is 1.57. The van der Waals surface area contributed by atoms with Gasteiger partial charge in [-0.15, -0.1) is 11.3 Å². The van der Waals surface area contributed by atoms with Crippen molar-refractivity contribution in [3.8, 4) is 11.5 Å². The van der Waals surface area contributed by atoms with Crippen LogP contribution in [0.1, 0.15) is 11.0 Å². The van der Waals surface area contributed by atoms with Gasteiger partial charge >= 0.3 is 0 Å². The molecule has 0 saturated heterocycles. The maximum Gasteiger partial charge on any atom is 0.264 e. The summed E-state index contributed by atoms with van der Waals surface area (Å²) >= 11 is 7.36. The van der Waals surface area contributed by atoms with Crippen LogP contribution in [0.5, 0.6) is 11.5 Å². The number of ether oxygens (including phenoxy) is 3. The summed E-state index contributed by atoms with van der Waals surface area (Å²) in [5.74, 6) is 0.996. The van der Waals surface area contributed by atoms with Crippen molar-refractivity contribution in [3.05, 3.63) is 45.6 Å². The maximum absolute atomic E-state index is 12.3. The number of amides is 1. The number of para-hydroxylation sites is 2. The Kier molecular flexibility index (Phi) is 5.05. The molecule has 0 radical (unpaired) electrons. The highest BCUT2D eigenvalue weighted by molar-refractivity contribution is 7.16. The number of hydrogen-bond donors (Lipinski definition) is 1. The van der Waals surface area contributed by atoms with E-state index < -0.39 is 6.10 Å². The van der Waals surface area contributed by atoms with Crippen molar-refractivity contribution in [2.24, 2.45) is 0 Å². The minimum atomic E-state index is -0.672. The Morgan fingerprint density at radius 1 is 1.39 bits per heavy atom. The zero-order chi connectivity index (χ0) is 16.2. The summed E-state index contributed by atoms with van der Waals surface area (Å²) in [6, 6.07) is 11.0. The van der Waals surface area contributed by atoms with Crippen LogP contribution >= 0.6 is 22.9 Å². The fourth-order valence-corrected chi connectivity index (χ4v) is 3.40. The van der Waals surface area contributed by atoms with Crippen LogP contribution in [0.2, 0.25) is 4.34 Å². The third-order valence-electron chi connectivity index (χ3n) is 3.46. The molecule has 23 heavy (non-hydrogen) atoms. The molecule has 122 valence electrons. The highest BCUT2D eigenvalue weighted by atomic mass is 35.5. The first kappa shape index (κ1) is 16.1. The second-order valence-electron chi connectivity index (χ2n) is 4.98. The zero-order valence-electron chi connectivity index (χ0n) is 12.5. The number of halogens is 1. The molecule has 0 unspecified atom stereocenters. The average molecular weight is 354 g/mol. The Morgan fingerprint density at radius 3 is 2.87 bits per heavy atom. The van der Waals surface area contributed by atoms with Crippen LogP contribution in [0.4, 0.5) is 0 Å². The second kappa shape index (κ2) is 7.21. The largest absolute Gasteiger partial charge is 0.485 e. The van der Waals surface area contributed by atoms with E-state index in [0.717, 1.165) is 4.88 Å². The number of carbonyl (C=O) groups is 1. The third kappa shape index (κ3) is 3.77. The molecule has 7 heteroatoms. The molecule has 1 amide bonds. The summed E-state index contributed by atoms with van der Waals surface area (Å²) < 4.78 is 17.3. The molecule has 1 N–H and O–H groups in total. The molecule has 5 nitrogen and oxygen atoms in total. The van der Waals surface area contributed by atoms with Gasteiger partial charge in [0.05, 0.1) is 4.34 Å². The molecule has 1 aliphatic heterocycles. The van der Waals surface area contributed by atoms with Gasteiger partial charge < -0.3 is 19.5 Å². The topological polar surface area (TPSA) is 56.8 Å². The molecule has 1 aliphatic rings. The van der Waals surface area contributed by atoms with Crippen LogP contribution in [0.15, 0.2) is 36.4 Å². The molecule has 0 fully saturated rings. The van der Waals surface area contributed by atoms with Crippen LogP contribution in [-0.4, -0.2) is 32.3 Å². The normalized spacial score (nSPS) is 17.6. The van der Waals surface area contributed by atoms with Gasteiger partial charge in [0, 0.05) is 18.5 Å². The van der Waals surface area contributed by atoms with Gasteiger partial charge in [-0.25, -0.2) is 0 Å². The first-order valence-electron chi connectivity index (χ1n) is 7.11. The molecule has 2 atom stereocenters. The van der Waals surface area contributed by atoms with Gasteiger partial charge in [-0.05, 0) is 24.3 Å². The fraction of sp³-hybridized carbons (Fsp3) is 0.312. The van der Waals surface area contributed by atoms with Crippen molar-refractivity contribution in [1.29, 1.82) is 0 Å². The molecule has 0 aliphatic carbocycles. The lowest BCUT2D eigenvalue weighted by Crippen LogP contribution is -2.45. The Labute approximate surface area is 143 Å². The molecule has 2 heterocycles. The fourth-order valence-electron chi connectivity index (χ4n) is 2.26. The van der Waals surface area contributed by atoms with E-state index in [2.05, 4.69) is 5.32 Å².